The number of piperidine rings is 1. The fourth-order valence-corrected chi connectivity index (χ4v) is 2.98. The number of nitrogens with zero attached hydrogens (tertiary/aromatic N) is 2. The summed E-state index contributed by atoms with van der Waals surface area (Å²) in [6, 6.07) is 7.52. The van der Waals surface area contributed by atoms with Gasteiger partial charge >= 0.3 is 0 Å². The van der Waals surface area contributed by atoms with Gasteiger partial charge in [-0.15, -0.1) is 0 Å². The average Bonchev–Trinajstić information content (AvgIpc) is 3.00. The summed E-state index contributed by atoms with van der Waals surface area (Å²) in [5.41, 5.74) is 7.92. The molecule has 5 heteroatoms. The van der Waals surface area contributed by atoms with Crippen LogP contribution in [0.4, 0.5) is 0 Å². The summed E-state index contributed by atoms with van der Waals surface area (Å²) in [6.45, 7) is 2.69. The molecule has 2 aromatic rings. The van der Waals surface area contributed by atoms with Gasteiger partial charge in [0.25, 0.3) is 0 Å². The minimum Gasteiger partial charge on any atom is -0.444 e. The van der Waals surface area contributed by atoms with Gasteiger partial charge in [-0.3, -0.25) is 0 Å². The second-order valence-electron chi connectivity index (χ2n) is 5.83. The van der Waals surface area contributed by atoms with Crippen LogP contribution in [0.15, 0.2) is 34.9 Å². The van der Waals surface area contributed by atoms with Crippen LogP contribution in [-0.2, 0) is 5.41 Å². The first-order valence-corrected chi connectivity index (χ1v) is 7.61. The van der Waals surface area contributed by atoms with E-state index in [9.17, 15) is 0 Å². The molecular formula is C16H20ClN3O. The zero-order valence-electron chi connectivity index (χ0n) is 12.2. The first-order chi connectivity index (χ1) is 10.1. The van der Waals surface area contributed by atoms with Gasteiger partial charge in [0.2, 0.25) is 5.89 Å². The molecule has 1 fully saturated rings. The first kappa shape index (κ1) is 14.6. The fourth-order valence-electron chi connectivity index (χ4n) is 2.85. The highest BCUT2D eigenvalue weighted by Gasteiger charge is 2.36. The molecule has 0 unspecified atom stereocenters. The summed E-state index contributed by atoms with van der Waals surface area (Å²) >= 11 is 5.91. The molecule has 3 rings (SSSR count). The van der Waals surface area contributed by atoms with Gasteiger partial charge in [-0.2, -0.15) is 0 Å². The molecule has 0 radical (unpaired) electrons. The van der Waals surface area contributed by atoms with Gasteiger partial charge in [0.15, 0.2) is 0 Å². The second-order valence-corrected chi connectivity index (χ2v) is 6.27. The molecule has 0 bridgehead atoms. The minimum atomic E-state index is -0.0549. The Hall–Kier alpha value is -1.36. The first-order valence-electron chi connectivity index (χ1n) is 7.23. The van der Waals surface area contributed by atoms with E-state index in [2.05, 4.69) is 11.9 Å². The van der Waals surface area contributed by atoms with E-state index in [-0.39, 0.29) is 5.41 Å². The van der Waals surface area contributed by atoms with Crippen molar-refractivity contribution in [3.05, 3.63) is 41.2 Å². The monoisotopic (exact) mass is 305 g/mol. The number of rotatable bonds is 3. The number of hydrogen-bond donors (Lipinski definition) is 1. The molecule has 1 aromatic heterocycles. The Morgan fingerprint density at radius 2 is 1.95 bits per heavy atom. The van der Waals surface area contributed by atoms with Crippen LogP contribution in [0.2, 0.25) is 5.02 Å². The maximum atomic E-state index is 6.07. The largest absolute Gasteiger partial charge is 0.444 e. The zero-order valence-corrected chi connectivity index (χ0v) is 12.9. The summed E-state index contributed by atoms with van der Waals surface area (Å²) in [5, 5.41) is 0.708. The van der Waals surface area contributed by atoms with Crippen molar-refractivity contribution in [1.29, 1.82) is 0 Å². The van der Waals surface area contributed by atoms with E-state index in [1.807, 2.05) is 24.3 Å². The van der Waals surface area contributed by atoms with E-state index in [0.29, 0.717) is 17.5 Å². The van der Waals surface area contributed by atoms with Crippen LogP contribution in [0.25, 0.3) is 11.5 Å². The molecule has 4 nitrogen and oxygen atoms in total. The molecule has 1 saturated heterocycles. The number of likely N-dealkylation sites (tertiary alicyclic amines) is 1. The van der Waals surface area contributed by atoms with Crippen LogP contribution in [0.3, 0.4) is 0 Å². The van der Waals surface area contributed by atoms with Crippen LogP contribution in [0, 0.1) is 0 Å². The zero-order chi connectivity index (χ0) is 14.9. The van der Waals surface area contributed by atoms with Crippen LogP contribution in [0.1, 0.15) is 18.5 Å². The molecule has 0 spiro atoms. The lowest BCUT2D eigenvalue weighted by Crippen LogP contribution is -2.45. The molecular weight excluding hydrogens is 286 g/mol. The molecule has 1 aliphatic heterocycles. The third-order valence-corrected chi connectivity index (χ3v) is 4.73. The molecule has 21 heavy (non-hydrogen) atoms. The Balaban J connectivity index is 1.88. The van der Waals surface area contributed by atoms with Crippen LogP contribution in [-0.4, -0.2) is 36.6 Å². The van der Waals surface area contributed by atoms with Gasteiger partial charge in [-0.1, -0.05) is 11.6 Å². The molecule has 1 aliphatic rings. The SMILES string of the molecule is CN1CCC(CN)(c2coc(-c3ccc(Cl)cc3)n2)CC1. The van der Waals surface area contributed by atoms with Crippen molar-refractivity contribution in [2.24, 2.45) is 5.73 Å². The van der Waals surface area contributed by atoms with Crippen molar-refractivity contribution in [1.82, 2.24) is 9.88 Å². The van der Waals surface area contributed by atoms with Gasteiger partial charge < -0.3 is 15.1 Å². The van der Waals surface area contributed by atoms with E-state index in [4.69, 9.17) is 26.7 Å². The normalized spacial score (nSPS) is 18.8. The van der Waals surface area contributed by atoms with Crippen molar-refractivity contribution in [2.45, 2.75) is 18.3 Å². The summed E-state index contributed by atoms with van der Waals surface area (Å²) in [4.78, 5) is 7.02. The quantitative estimate of drug-likeness (QED) is 0.947. The van der Waals surface area contributed by atoms with Crippen molar-refractivity contribution < 1.29 is 4.42 Å². The number of nitrogens with two attached hydrogens (primary N) is 1. The number of hydrogen-bond acceptors (Lipinski definition) is 4. The standard InChI is InChI=1S/C16H20ClN3O/c1-20-8-6-16(11-18,7-9-20)14-10-21-15(19-14)12-2-4-13(17)5-3-12/h2-5,10H,6-9,11,18H2,1H3. The van der Waals surface area contributed by atoms with E-state index >= 15 is 0 Å². The molecule has 2 heterocycles. The predicted molar refractivity (Wildman–Crippen MR) is 84.4 cm³/mol. The number of oxazole rings is 1. The predicted octanol–water partition coefficient (Wildman–Crippen LogP) is 2.92. The summed E-state index contributed by atoms with van der Waals surface area (Å²) in [6.07, 6.45) is 3.81. The lowest BCUT2D eigenvalue weighted by molar-refractivity contribution is 0.188. The van der Waals surface area contributed by atoms with E-state index in [1.54, 1.807) is 6.26 Å². The van der Waals surface area contributed by atoms with Crippen molar-refractivity contribution in [3.63, 3.8) is 0 Å². The number of aromatic nitrogens is 1. The Labute approximate surface area is 129 Å². The lowest BCUT2D eigenvalue weighted by Gasteiger charge is -2.38. The Bertz CT molecular complexity index is 600. The maximum Gasteiger partial charge on any atom is 0.226 e. The van der Waals surface area contributed by atoms with Gasteiger partial charge in [0.1, 0.15) is 6.26 Å². The van der Waals surface area contributed by atoms with Crippen LogP contribution < -0.4 is 5.73 Å². The third kappa shape index (κ3) is 2.84. The minimum absolute atomic E-state index is 0.0549. The van der Waals surface area contributed by atoms with E-state index in [1.165, 1.54) is 0 Å². The van der Waals surface area contributed by atoms with E-state index in [0.717, 1.165) is 37.2 Å². The second kappa shape index (κ2) is 5.79. The molecule has 1 aromatic carbocycles. The Morgan fingerprint density at radius 3 is 2.57 bits per heavy atom. The molecule has 112 valence electrons. The molecule has 2 N–H and O–H groups in total. The van der Waals surface area contributed by atoms with Gasteiger partial charge in [-0.05, 0) is 57.2 Å². The highest BCUT2D eigenvalue weighted by Crippen LogP contribution is 2.35. The topological polar surface area (TPSA) is 55.3 Å². The molecule has 0 amide bonds. The highest BCUT2D eigenvalue weighted by molar-refractivity contribution is 6.30. The van der Waals surface area contributed by atoms with Gasteiger partial charge in [-0.25, -0.2) is 4.98 Å². The van der Waals surface area contributed by atoms with E-state index < -0.39 is 0 Å². The fraction of sp³-hybridized carbons (Fsp3) is 0.438. The lowest BCUT2D eigenvalue weighted by atomic mass is 9.76. The van der Waals surface area contributed by atoms with Crippen molar-refractivity contribution >= 4 is 11.6 Å². The smallest absolute Gasteiger partial charge is 0.226 e. The average molecular weight is 306 g/mol. The Kier molecular flexibility index (Phi) is 4.02. The molecule has 0 aliphatic carbocycles. The summed E-state index contributed by atoms with van der Waals surface area (Å²) in [7, 11) is 2.14. The van der Waals surface area contributed by atoms with Gasteiger partial charge in [0, 0.05) is 22.5 Å². The van der Waals surface area contributed by atoms with Gasteiger partial charge in [0.05, 0.1) is 5.69 Å². The summed E-state index contributed by atoms with van der Waals surface area (Å²) < 4.78 is 5.67. The highest BCUT2D eigenvalue weighted by atomic mass is 35.5. The summed E-state index contributed by atoms with van der Waals surface area (Å²) in [5.74, 6) is 0.633. The van der Waals surface area contributed by atoms with Crippen molar-refractivity contribution in [3.8, 4) is 11.5 Å². The maximum absolute atomic E-state index is 6.07. The number of benzene rings is 1. The van der Waals surface area contributed by atoms with Crippen molar-refractivity contribution in [2.75, 3.05) is 26.7 Å². The number of halogens is 1. The third-order valence-electron chi connectivity index (χ3n) is 4.47. The Morgan fingerprint density at radius 1 is 1.29 bits per heavy atom. The van der Waals surface area contributed by atoms with Crippen LogP contribution >= 0.6 is 11.6 Å². The molecule has 0 saturated carbocycles. The van der Waals surface area contributed by atoms with Crippen LogP contribution in [0.5, 0.6) is 0 Å². The molecule has 0 atom stereocenters.